The van der Waals surface area contributed by atoms with Crippen LogP contribution in [0.25, 0.3) is 0 Å². The zero-order valence-corrected chi connectivity index (χ0v) is 6.54. The molecule has 0 spiro atoms. The van der Waals surface area contributed by atoms with Crippen LogP contribution >= 0.6 is 0 Å². The van der Waals surface area contributed by atoms with Crippen LogP contribution in [0.5, 0.6) is 0 Å². The molecule has 0 amide bonds. The Hall–Kier alpha value is -1.78. The lowest BCUT2D eigenvalue weighted by Gasteiger charge is -2.13. The average molecular weight is 166 g/mol. The van der Waals surface area contributed by atoms with Crippen molar-refractivity contribution in [3.8, 4) is 0 Å². The van der Waals surface area contributed by atoms with Gasteiger partial charge in [0, 0.05) is 4.97 Å². The van der Waals surface area contributed by atoms with Crippen molar-refractivity contribution in [1.82, 2.24) is 0 Å². The molecule has 0 unspecified atom stereocenters. The van der Waals surface area contributed by atoms with Crippen molar-refractivity contribution in [3.05, 3.63) is 40.7 Å². The first-order valence-electron chi connectivity index (χ1n) is 3.35. The van der Waals surface area contributed by atoms with Crippen molar-refractivity contribution in [1.29, 1.82) is 0 Å². The van der Waals surface area contributed by atoms with E-state index in [0.29, 0.717) is 5.69 Å². The summed E-state index contributed by atoms with van der Waals surface area (Å²) >= 11 is 0. The van der Waals surface area contributed by atoms with Crippen LogP contribution in [0.2, 0.25) is 0 Å². The summed E-state index contributed by atoms with van der Waals surface area (Å²) in [4.78, 5) is -0.0185. The Balaban J connectivity index is 2.86. The third kappa shape index (κ3) is 1.63. The van der Waals surface area contributed by atoms with Crippen LogP contribution in [0, 0.1) is 10.4 Å². The third-order valence-corrected chi connectivity index (χ3v) is 1.46. The van der Waals surface area contributed by atoms with E-state index in [9.17, 15) is 10.4 Å². The van der Waals surface area contributed by atoms with E-state index in [1.807, 2.05) is 6.07 Å². The predicted molar refractivity (Wildman–Crippen MR) is 44.3 cm³/mol. The Morgan fingerprint density at radius 2 is 1.92 bits per heavy atom. The predicted octanol–water partition coefficient (Wildman–Crippen LogP) is 1.50. The second kappa shape index (κ2) is 3.56. The van der Waals surface area contributed by atoms with Crippen molar-refractivity contribution in [2.75, 3.05) is 12.1 Å². The van der Waals surface area contributed by atoms with E-state index >= 15 is 0 Å². The minimum Gasteiger partial charge on any atom is -0.737 e. The highest BCUT2D eigenvalue weighted by atomic mass is 16.6. The molecule has 1 aromatic carbocycles. The number of rotatable bonds is 2. The highest BCUT2D eigenvalue weighted by molar-refractivity contribution is 5.41. The third-order valence-electron chi connectivity index (χ3n) is 1.46. The van der Waals surface area contributed by atoms with Crippen LogP contribution in [-0.4, -0.2) is 12.0 Å². The number of hydrazine groups is 1. The molecule has 0 saturated heterocycles. The number of anilines is 1. The van der Waals surface area contributed by atoms with Gasteiger partial charge in [0.1, 0.15) is 5.69 Å². The summed E-state index contributed by atoms with van der Waals surface area (Å²) in [5, 5.41) is 23.8. The summed E-state index contributed by atoms with van der Waals surface area (Å²) < 4.78 is 0. The smallest absolute Gasteiger partial charge is 0.102 e. The Labute approximate surface area is 69.7 Å². The molecule has 5 nitrogen and oxygen atoms in total. The molecule has 0 fully saturated rings. The van der Waals surface area contributed by atoms with Crippen molar-refractivity contribution in [2.24, 2.45) is 5.28 Å². The van der Waals surface area contributed by atoms with Crippen LogP contribution in [0.4, 0.5) is 5.69 Å². The molecule has 1 rings (SSSR count). The molecule has 0 saturated carbocycles. The molecule has 0 radical (unpaired) electrons. The maximum Gasteiger partial charge on any atom is 0.102 e. The second-order valence-electron chi connectivity index (χ2n) is 2.19. The highest BCUT2D eigenvalue weighted by Crippen LogP contribution is 2.10. The summed E-state index contributed by atoms with van der Waals surface area (Å²) in [7, 11) is 1.46. The molecule has 0 aliphatic carbocycles. The molecule has 1 aromatic rings. The maximum atomic E-state index is 10.7. The lowest BCUT2D eigenvalue weighted by atomic mass is 10.3. The van der Waals surface area contributed by atoms with Crippen molar-refractivity contribution >= 4 is 5.69 Å². The zero-order chi connectivity index (χ0) is 8.97. The molecule has 0 aromatic heterocycles. The van der Waals surface area contributed by atoms with E-state index < -0.39 is 0 Å². The van der Waals surface area contributed by atoms with E-state index in [-0.39, 0.29) is 4.97 Å². The van der Waals surface area contributed by atoms with Gasteiger partial charge in [-0.05, 0) is 17.4 Å². The Morgan fingerprint density at radius 1 is 1.33 bits per heavy atom. The highest BCUT2D eigenvalue weighted by Gasteiger charge is 2.05. The van der Waals surface area contributed by atoms with E-state index in [4.69, 9.17) is 0 Å². The molecular formula is C7H8N3O2-. The molecule has 0 aliphatic rings. The van der Waals surface area contributed by atoms with Gasteiger partial charge in [-0.15, -0.1) is 5.01 Å². The fourth-order valence-electron chi connectivity index (χ4n) is 0.797. The fourth-order valence-corrected chi connectivity index (χ4v) is 0.797. The molecule has 0 heterocycles. The Bertz CT molecular complexity index is 273. The summed E-state index contributed by atoms with van der Waals surface area (Å²) in [6.07, 6.45) is 0. The summed E-state index contributed by atoms with van der Waals surface area (Å²) in [5.41, 5.74) is 0.618. The number of hydrogen-bond acceptors (Lipinski definition) is 3. The molecule has 12 heavy (non-hydrogen) atoms. The topological polar surface area (TPSA) is 64.7 Å². The molecule has 5 heteroatoms. The van der Waals surface area contributed by atoms with Crippen molar-refractivity contribution < 1.29 is 4.97 Å². The van der Waals surface area contributed by atoms with Crippen LogP contribution in [-0.2, 0) is 0 Å². The van der Waals surface area contributed by atoms with E-state index in [0.717, 1.165) is 5.01 Å². The van der Waals surface area contributed by atoms with Gasteiger partial charge in [-0.25, -0.2) is 0 Å². The standard InChI is InChI=1S/C7H9N3O2/c1-9(10(12)8-11)7-5-3-2-4-6-7/h2-6,11H,1H3/p-1/b10-8-. The first kappa shape index (κ1) is 8.32. The normalized spacial score (nSPS) is 11.2. The number of nitrogens with zero attached hydrogens (tertiary/aromatic N) is 3. The number of hydrogen-bond donors (Lipinski definition) is 0. The molecule has 0 atom stereocenters. The molecule has 64 valence electrons. The van der Waals surface area contributed by atoms with E-state index in [1.165, 1.54) is 7.05 Å². The van der Waals surface area contributed by atoms with Gasteiger partial charge in [-0.2, -0.15) is 0 Å². The lowest BCUT2D eigenvalue weighted by Crippen LogP contribution is -2.24. The van der Waals surface area contributed by atoms with Gasteiger partial charge in [0.15, 0.2) is 0 Å². The molecule has 0 N–H and O–H groups in total. The largest absolute Gasteiger partial charge is 0.737 e. The van der Waals surface area contributed by atoms with Crippen LogP contribution < -0.4 is 5.01 Å². The summed E-state index contributed by atoms with van der Waals surface area (Å²) in [5.74, 6) is 0. The Morgan fingerprint density at radius 3 is 2.42 bits per heavy atom. The minimum atomic E-state index is -0.0185. The van der Waals surface area contributed by atoms with E-state index in [1.54, 1.807) is 24.3 Å². The fraction of sp³-hybridized carbons (Fsp3) is 0.143. The monoisotopic (exact) mass is 166 g/mol. The summed E-state index contributed by atoms with van der Waals surface area (Å²) in [6.45, 7) is 0. The SMILES string of the molecule is CN(c1ccccc1)/[N+]([O-])=N/[O-]. The van der Waals surface area contributed by atoms with Crippen LogP contribution in [0.15, 0.2) is 35.6 Å². The number of para-hydroxylation sites is 1. The number of benzene rings is 1. The van der Waals surface area contributed by atoms with Gasteiger partial charge in [0.25, 0.3) is 0 Å². The lowest BCUT2D eigenvalue weighted by molar-refractivity contribution is -0.535. The van der Waals surface area contributed by atoms with E-state index in [2.05, 4.69) is 5.28 Å². The molecule has 0 aliphatic heterocycles. The molecular weight excluding hydrogens is 158 g/mol. The molecule has 0 bridgehead atoms. The zero-order valence-electron chi connectivity index (χ0n) is 6.54. The van der Waals surface area contributed by atoms with Gasteiger partial charge in [-0.3, -0.25) is 0 Å². The first-order chi connectivity index (χ1) is 5.75. The van der Waals surface area contributed by atoms with Crippen LogP contribution in [0.3, 0.4) is 0 Å². The van der Waals surface area contributed by atoms with Gasteiger partial charge < -0.3 is 10.4 Å². The first-order valence-corrected chi connectivity index (χ1v) is 3.35. The van der Waals surface area contributed by atoms with Crippen molar-refractivity contribution in [3.63, 3.8) is 0 Å². The van der Waals surface area contributed by atoms with Gasteiger partial charge >= 0.3 is 0 Å². The quantitative estimate of drug-likeness (QED) is 0.380. The van der Waals surface area contributed by atoms with Crippen LogP contribution in [0.1, 0.15) is 0 Å². The maximum absolute atomic E-state index is 10.7. The second-order valence-corrected chi connectivity index (χ2v) is 2.19. The Kier molecular flexibility index (Phi) is 2.47. The summed E-state index contributed by atoms with van der Waals surface area (Å²) in [6, 6.07) is 8.77. The van der Waals surface area contributed by atoms with Gasteiger partial charge in [0.2, 0.25) is 0 Å². The van der Waals surface area contributed by atoms with Crippen molar-refractivity contribution in [2.45, 2.75) is 0 Å². The van der Waals surface area contributed by atoms with Gasteiger partial charge in [0.05, 0.1) is 7.05 Å². The minimum absolute atomic E-state index is 0.0185. The average Bonchev–Trinajstić information content (AvgIpc) is 2.17. The van der Waals surface area contributed by atoms with Gasteiger partial charge in [-0.1, -0.05) is 18.2 Å².